The number of carbonyl (C=O) groups is 1. The summed E-state index contributed by atoms with van der Waals surface area (Å²) in [4.78, 5) is 24.8. The van der Waals surface area contributed by atoms with E-state index in [1.807, 2.05) is 30.3 Å². The molecule has 4 N–H and O–H groups in total. The van der Waals surface area contributed by atoms with E-state index in [2.05, 4.69) is 36.2 Å². The van der Waals surface area contributed by atoms with E-state index in [0.29, 0.717) is 33.9 Å². The fourth-order valence-electron chi connectivity index (χ4n) is 2.67. The Labute approximate surface area is 183 Å². The number of rotatable bonds is 6. The van der Waals surface area contributed by atoms with Crippen LogP contribution in [0.4, 0.5) is 39.3 Å². The minimum atomic E-state index is -0.343. The van der Waals surface area contributed by atoms with E-state index in [0.717, 1.165) is 5.69 Å². The highest BCUT2D eigenvalue weighted by atomic mass is 35.5. The zero-order valence-corrected chi connectivity index (χ0v) is 17.0. The van der Waals surface area contributed by atoms with Crippen LogP contribution >= 0.6 is 11.6 Å². The summed E-state index contributed by atoms with van der Waals surface area (Å²) in [6, 6.07) is 21.2. The van der Waals surface area contributed by atoms with Crippen molar-refractivity contribution in [3.05, 3.63) is 90.3 Å². The van der Waals surface area contributed by atoms with Crippen molar-refractivity contribution in [2.75, 3.05) is 21.3 Å². The van der Waals surface area contributed by atoms with Crippen molar-refractivity contribution in [3.8, 4) is 0 Å². The topological polar surface area (TPSA) is 104 Å². The van der Waals surface area contributed by atoms with Crippen molar-refractivity contribution < 1.29 is 4.79 Å². The second kappa shape index (κ2) is 9.55. The van der Waals surface area contributed by atoms with Crippen molar-refractivity contribution in [3.63, 3.8) is 0 Å². The zero-order valence-electron chi connectivity index (χ0n) is 16.2. The summed E-state index contributed by atoms with van der Waals surface area (Å²) in [7, 11) is 0. The van der Waals surface area contributed by atoms with Crippen LogP contribution in [0.3, 0.4) is 0 Å². The number of nitrogens with one attached hydrogen (secondary N) is 4. The molecule has 2 aromatic carbocycles. The van der Waals surface area contributed by atoms with Crippen LogP contribution in [0.5, 0.6) is 0 Å². The van der Waals surface area contributed by atoms with Gasteiger partial charge in [-0.1, -0.05) is 17.7 Å². The van der Waals surface area contributed by atoms with Gasteiger partial charge in [-0.15, -0.1) is 0 Å². The fraction of sp³-hybridized carbons (Fsp3) is 0. The average Bonchev–Trinajstić information content (AvgIpc) is 2.78. The van der Waals surface area contributed by atoms with Crippen LogP contribution in [0.25, 0.3) is 0 Å². The number of halogens is 1. The van der Waals surface area contributed by atoms with Crippen molar-refractivity contribution in [1.29, 1.82) is 0 Å². The van der Waals surface area contributed by atoms with E-state index in [9.17, 15) is 4.79 Å². The third-order valence-corrected chi connectivity index (χ3v) is 4.36. The van der Waals surface area contributed by atoms with Gasteiger partial charge in [0.2, 0.25) is 0 Å². The number of benzene rings is 2. The highest BCUT2D eigenvalue weighted by Crippen LogP contribution is 2.20. The minimum absolute atomic E-state index is 0.343. The second-order valence-corrected chi connectivity index (χ2v) is 6.85. The van der Waals surface area contributed by atoms with Gasteiger partial charge in [0.15, 0.2) is 0 Å². The van der Waals surface area contributed by atoms with E-state index in [1.54, 1.807) is 48.7 Å². The first kappa shape index (κ1) is 20.1. The number of hydrogen-bond acceptors (Lipinski definition) is 6. The van der Waals surface area contributed by atoms with E-state index < -0.39 is 0 Å². The van der Waals surface area contributed by atoms with Gasteiger partial charge in [0.1, 0.15) is 23.8 Å². The van der Waals surface area contributed by atoms with Crippen LogP contribution in [-0.4, -0.2) is 21.0 Å². The monoisotopic (exact) mass is 431 g/mol. The molecule has 0 aliphatic heterocycles. The zero-order chi connectivity index (χ0) is 21.5. The highest BCUT2D eigenvalue weighted by Gasteiger charge is 2.04. The Bertz CT molecular complexity index is 1150. The molecule has 0 radical (unpaired) electrons. The molecule has 2 amide bonds. The van der Waals surface area contributed by atoms with Gasteiger partial charge >= 0.3 is 6.03 Å². The largest absolute Gasteiger partial charge is 0.340 e. The SMILES string of the molecule is O=C(Nc1ccc(Cl)cc1)Nc1ccc(Nc2cc(Nc3ccccn3)ncn2)cc1. The maximum absolute atomic E-state index is 12.1. The molecule has 0 atom stereocenters. The Kier molecular flexibility index (Phi) is 6.20. The van der Waals surface area contributed by atoms with Crippen molar-refractivity contribution in [2.24, 2.45) is 0 Å². The number of carbonyl (C=O) groups excluding carboxylic acids is 1. The first-order valence-electron chi connectivity index (χ1n) is 9.35. The average molecular weight is 432 g/mol. The van der Waals surface area contributed by atoms with Crippen LogP contribution in [-0.2, 0) is 0 Å². The number of nitrogens with zero attached hydrogens (tertiary/aromatic N) is 3. The fourth-order valence-corrected chi connectivity index (χ4v) is 2.80. The van der Waals surface area contributed by atoms with Gasteiger partial charge in [0.05, 0.1) is 0 Å². The number of urea groups is 1. The molecule has 0 bridgehead atoms. The third kappa shape index (κ3) is 5.91. The lowest BCUT2D eigenvalue weighted by Gasteiger charge is -2.10. The Hall–Kier alpha value is -4.17. The van der Waals surface area contributed by atoms with E-state index >= 15 is 0 Å². The molecule has 9 heteroatoms. The lowest BCUT2D eigenvalue weighted by atomic mass is 10.2. The van der Waals surface area contributed by atoms with Gasteiger partial charge in [0.25, 0.3) is 0 Å². The first-order chi connectivity index (χ1) is 15.1. The molecule has 2 aromatic heterocycles. The smallest absolute Gasteiger partial charge is 0.323 e. The van der Waals surface area contributed by atoms with Crippen LogP contribution in [0.1, 0.15) is 0 Å². The molecule has 2 heterocycles. The Morgan fingerprint density at radius 3 is 1.94 bits per heavy atom. The summed E-state index contributed by atoms with van der Waals surface area (Å²) in [5.74, 6) is 1.93. The predicted octanol–water partition coefficient (Wildman–Crippen LogP) is 5.66. The van der Waals surface area contributed by atoms with Crippen LogP contribution in [0.2, 0.25) is 5.02 Å². The van der Waals surface area contributed by atoms with Gasteiger partial charge in [-0.25, -0.2) is 19.7 Å². The highest BCUT2D eigenvalue weighted by molar-refractivity contribution is 6.30. The molecular formula is C22H18ClN7O. The lowest BCUT2D eigenvalue weighted by molar-refractivity contribution is 0.262. The third-order valence-electron chi connectivity index (χ3n) is 4.11. The number of hydrogen-bond donors (Lipinski definition) is 4. The normalized spacial score (nSPS) is 10.2. The number of anilines is 6. The molecule has 4 rings (SSSR count). The van der Waals surface area contributed by atoms with Gasteiger partial charge in [0, 0.05) is 34.3 Å². The molecule has 0 saturated carbocycles. The molecule has 0 aliphatic carbocycles. The molecule has 0 fully saturated rings. The molecule has 0 saturated heterocycles. The lowest BCUT2D eigenvalue weighted by Crippen LogP contribution is -2.19. The first-order valence-corrected chi connectivity index (χ1v) is 9.73. The van der Waals surface area contributed by atoms with Gasteiger partial charge in [-0.05, 0) is 60.7 Å². The van der Waals surface area contributed by atoms with Crippen molar-refractivity contribution >= 4 is 52.1 Å². The number of amides is 2. The molecular weight excluding hydrogens is 414 g/mol. The molecule has 0 unspecified atom stereocenters. The summed E-state index contributed by atoms with van der Waals surface area (Å²) in [5, 5.41) is 12.5. The summed E-state index contributed by atoms with van der Waals surface area (Å²) < 4.78 is 0. The summed E-state index contributed by atoms with van der Waals surface area (Å²) in [6.45, 7) is 0. The molecule has 0 aliphatic rings. The van der Waals surface area contributed by atoms with Crippen LogP contribution in [0, 0.1) is 0 Å². The molecule has 154 valence electrons. The standard InChI is InChI=1S/C22H18ClN7O/c23-15-4-6-17(7-5-15)28-22(31)29-18-10-8-16(9-11-18)27-20-13-21(26-14-25-20)30-19-3-1-2-12-24-19/h1-14H,(H2,28,29,31)(H2,24,25,26,27,30). The van der Waals surface area contributed by atoms with E-state index in [4.69, 9.17) is 11.6 Å². The Balaban J connectivity index is 1.34. The van der Waals surface area contributed by atoms with Crippen LogP contribution in [0.15, 0.2) is 85.3 Å². The van der Waals surface area contributed by atoms with E-state index in [-0.39, 0.29) is 6.03 Å². The van der Waals surface area contributed by atoms with Gasteiger partial charge < -0.3 is 21.3 Å². The van der Waals surface area contributed by atoms with Crippen molar-refractivity contribution in [2.45, 2.75) is 0 Å². The quantitative estimate of drug-likeness (QED) is 0.314. The number of pyridine rings is 1. The summed E-state index contributed by atoms with van der Waals surface area (Å²) in [5.41, 5.74) is 2.11. The van der Waals surface area contributed by atoms with Crippen molar-refractivity contribution in [1.82, 2.24) is 15.0 Å². The summed E-state index contributed by atoms with van der Waals surface area (Å²) in [6.07, 6.45) is 3.17. The maximum Gasteiger partial charge on any atom is 0.323 e. The molecule has 0 spiro atoms. The molecule has 31 heavy (non-hydrogen) atoms. The minimum Gasteiger partial charge on any atom is -0.340 e. The summed E-state index contributed by atoms with van der Waals surface area (Å²) >= 11 is 5.85. The molecule has 4 aromatic rings. The predicted molar refractivity (Wildman–Crippen MR) is 123 cm³/mol. The van der Waals surface area contributed by atoms with Gasteiger partial charge in [-0.3, -0.25) is 0 Å². The Morgan fingerprint density at radius 1 is 0.677 bits per heavy atom. The van der Waals surface area contributed by atoms with E-state index in [1.165, 1.54) is 6.33 Å². The van der Waals surface area contributed by atoms with Gasteiger partial charge in [-0.2, -0.15) is 0 Å². The Morgan fingerprint density at radius 2 is 1.29 bits per heavy atom. The van der Waals surface area contributed by atoms with Crippen LogP contribution < -0.4 is 21.3 Å². The molecule has 8 nitrogen and oxygen atoms in total. The second-order valence-electron chi connectivity index (χ2n) is 6.42. The number of aromatic nitrogens is 3. The maximum atomic E-state index is 12.1.